The predicted octanol–water partition coefficient (Wildman–Crippen LogP) is 5.60. The molecule has 0 radical (unpaired) electrons. The Bertz CT molecular complexity index is 1020. The van der Waals surface area contributed by atoms with E-state index in [1.54, 1.807) is 0 Å². The van der Waals surface area contributed by atoms with Crippen LogP contribution in [0.2, 0.25) is 0 Å². The standard InChI is InChI=1S/C31H42N2O2/c1-22-29-19-25-13-14-27(34)20-28(25)31(22,16-17-33(29)21-24-11-12-24)15-7-3-6-10-26(30(32)35)18-23-8-4-2-5-9-23/h2,4-5,8-9,13-14,20,22,24,26,29,34H,3,6-7,10-12,15-19,21H2,1H3,(H2,32,35)/t22-,26-,29+,31-/m0/s1. The second-order valence-electron chi connectivity index (χ2n) is 11.6. The fraction of sp³-hybridized carbons (Fsp3) is 0.581. The molecule has 2 aliphatic carbocycles. The first-order valence-corrected chi connectivity index (χ1v) is 13.9. The van der Waals surface area contributed by atoms with Crippen molar-refractivity contribution in [2.24, 2.45) is 23.5 Å². The molecule has 35 heavy (non-hydrogen) atoms. The summed E-state index contributed by atoms with van der Waals surface area (Å²) < 4.78 is 0. The second-order valence-corrected chi connectivity index (χ2v) is 11.6. The van der Waals surface area contributed by atoms with Crippen molar-refractivity contribution in [3.8, 4) is 5.75 Å². The molecule has 1 amide bonds. The van der Waals surface area contributed by atoms with Crippen LogP contribution in [0.5, 0.6) is 5.75 Å². The Balaban J connectivity index is 1.23. The highest BCUT2D eigenvalue weighted by Gasteiger charge is 2.51. The Morgan fingerprint density at radius 1 is 1.14 bits per heavy atom. The van der Waals surface area contributed by atoms with Crippen molar-refractivity contribution in [3.63, 3.8) is 0 Å². The Morgan fingerprint density at radius 2 is 1.94 bits per heavy atom. The van der Waals surface area contributed by atoms with Gasteiger partial charge in [0.25, 0.3) is 0 Å². The molecule has 2 aromatic rings. The number of hydrogen-bond donors (Lipinski definition) is 2. The maximum Gasteiger partial charge on any atom is 0.220 e. The summed E-state index contributed by atoms with van der Waals surface area (Å²) in [5.74, 6) is 1.66. The van der Waals surface area contributed by atoms with E-state index in [0.29, 0.717) is 17.7 Å². The Morgan fingerprint density at radius 3 is 2.69 bits per heavy atom. The Kier molecular flexibility index (Phi) is 7.20. The summed E-state index contributed by atoms with van der Waals surface area (Å²) >= 11 is 0. The third kappa shape index (κ3) is 5.28. The maximum absolute atomic E-state index is 12.1. The molecule has 2 bridgehead atoms. The van der Waals surface area contributed by atoms with Gasteiger partial charge in [0.1, 0.15) is 5.75 Å². The first kappa shape index (κ1) is 24.4. The largest absolute Gasteiger partial charge is 0.508 e. The van der Waals surface area contributed by atoms with Gasteiger partial charge in [0.05, 0.1) is 0 Å². The first-order valence-electron chi connectivity index (χ1n) is 13.9. The van der Waals surface area contributed by atoms with Crippen molar-refractivity contribution in [2.45, 2.75) is 82.6 Å². The van der Waals surface area contributed by atoms with Crippen LogP contribution in [0.25, 0.3) is 0 Å². The molecule has 1 saturated carbocycles. The summed E-state index contributed by atoms with van der Waals surface area (Å²) in [6, 6.07) is 17.0. The molecule has 4 atom stereocenters. The van der Waals surface area contributed by atoms with Gasteiger partial charge in [-0.25, -0.2) is 0 Å². The Labute approximate surface area is 210 Å². The van der Waals surface area contributed by atoms with E-state index < -0.39 is 0 Å². The molecule has 3 N–H and O–H groups in total. The molecule has 1 aliphatic heterocycles. The van der Waals surface area contributed by atoms with Crippen LogP contribution in [0.4, 0.5) is 0 Å². The highest BCUT2D eigenvalue weighted by molar-refractivity contribution is 5.76. The summed E-state index contributed by atoms with van der Waals surface area (Å²) in [7, 11) is 0. The predicted molar refractivity (Wildman–Crippen MR) is 141 cm³/mol. The van der Waals surface area contributed by atoms with E-state index >= 15 is 0 Å². The van der Waals surface area contributed by atoms with Crippen LogP contribution >= 0.6 is 0 Å². The number of piperidine rings is 1. The maximum atomic E-state index is 12.1. The molecule has 0 aromatic heterocycles. The normalized spacial score (nSPS) is 26.8. The number of aromatic hydroxyl groups is 1. The highest BCUT2D eigenvalue weighted by Crippen LogP contribution is 2.53. The number of benzene rings is 2. The lowest BCUT2D eigenvalue weighted by Gasteiger charge is -2.56. The van der Waals surface area contributed by atoms with E-state index in [2.05, 4.69) is 36.1 Å². The monoisotopic (exact) mass is 474 g/mol. The summed E-state index contributed by atoms with van der Waals surface area (Å²) in [5.41, 5.74) is 9.95. The Hall–Kier alpha value is -2.33. The third-order valence-electron chi connectivity index (χ3n) is 9.41. The van der Waals surface area contributed by atoms with Crippen molar-refractivity contribution in [1.82, 2.24) is 4.90 Å². The lowest BCUT2D eigenvalue weighted by molar-refractivity contribution is -0.122. The van der Waals surface area contributed by atoms with E-state index in [0.717, 1.165) is 50.9 Å². The quantitative estimate of drug-likeness (QED) is 0.417. The van der Waals surface area contributed by atoms with Crippen molar-refractivity contribution < 1.29 is 9.90 Å². The molecule has 188 valence electrons. The highest BCUT2D eigenvalue weighted by atomic mass is 16.3. The molecule has 0 spiro atoms. The zero-order chi connectivity index (χ0) is 24.4. The van der Waals surface area contributed by atoms with Gasteiger partial charge in [-0.2, -0.15) is 0 Å². The van der Waals surface area contributed by atoms with Crippen LogP contribution in [0.15, 0.2) is 48.5 Å². The SMILES string of the molecule is C[C@H]1[C@H]2Cc3ccc(O)cc3[C@@]1(CCCCC[C@@H](Cc1ccccc1)C(N)=O)CCN2CC1CC1. The third-order valence-corrected chi connectivity index (χ3v) is 9.41. The summed E-state index contributed by atoms with van der Waals surface area (Å²) in [6.07, 6.45) is 11.2. The van der Waals surface area contributed by atoms with Gasteiger partial charge in [0.15, 0.2) is 0 Å². The fourth-order valence-electron chi connectivity index (χ4n) is 7.14. The number of phenols is 1. The zero-order valence-corrected chi connectivity index (χ0v) is 21.3. The van der Waals surface area contributed by atoms with Crippen molar-refractivity contribution >= 4 is 5.91 Å². The average molecular weight is 475 g/mol. The molecular weight excluding hydrogens is 432 g/mol. The number of fused-ring (bicyclic) bond motifs is 4. The molecule has 1 heterocycles. The molecule has 2 aromatic carbocycles. The van der Waals surface area contributed by atoms with Gasteiger partial charge in [-0.3, -0.25) is 9.69 Å². The number of unbranched alkanes of at least 4 members (excludes halogenated alkanes) is 2. The van der Waals surface area contributed by atoms with Gasteiger partial charge in [-0.05, 0) is 92.1 Å². The first-order chi connectivity index (χ1) is 17.0. The summed E-state index contributed by atoms with van der Waals surface area (Å²) in [6.45, 7) is 4.93. The number of hydrogen-bond acceptors (Lipinski definition) is 3. The summed E-state index contributed by atoms with van der Waals surface area (Å²) in [4.78, 5) is 14.9. The minimum atomic E-state index is -0.177. The molecule has 3 aliphatic rings. The number of phenolic OH excluding ortho intramolecular Hbond substituents is 1. The fourth-order valence-corrected chi connectivity index (χ4v) is 7.14. The second kappa shape index (κ2) is 10.3. The number of primary amides is 1. The van der Waals surface area contributed by atoms with Gasteiger partial charge >= 0.3 is 0 Å². The van der Waals surface area contributed by atoms with Gasteiger partial charge in [-0.1, -0.05) is 62.6 Å². The van der Waals surface area contributed by atoms with Gasteiger partial charge < -0.3 is 10.8 Å². The van der Waals surface area contributed by atoms with Crippen molar-refractivity contribution in [3.05, 3.63) is 65.2 Å². The topological polar surface area (TPSA) is 66.6 Å². The van der Waals surface area contributed by atoms with Crippen LogP contribution in [0.1, 0.15) is 75.0 Å². The summed E-state index contributed by atoms with van der Waals surface area (Å²) in [5, 5.41) is 10.4. The van der Waals surface area contributed by atoms with Crippen LogP contribution in [0, 0.1) is 17.8 Å². The minimum absolute atomic E-state index is 0.0862. The van der Waals surface area contributed by atoms with Crippen molar-refractivity contribution in [2.75, 3.05) is 13.1 Å². The molecular formula is C31H42N2O2. The number of amides is 1. The van der Waals surface area contributed by atoms with Crippen LogP contribution < -0.4 is 5.73 Å². The number of nitrogens with two attached hydrogens (primary N) is 1. The van der Waals surface area contributed by atoms with Crippen LogP contribution in [-0.4, -0.2) is 35.0 Å². The van der Waals surface area contributed by atoms with Crippen molar-refractivity contribution in [1.29, 1.82) is 0 Å². The molecule has 1 saturated heterocycles. The number of rotatable bonds is 11. The zero-order valence-electron chi connectivity index (χ0n) is 21.3. The molecule has 2 fully saturated rings. The molecule has 4 heteroatoms. The van der Waals surface area contributed by atoms with Gasteiger partial charge in [0, 0.05) is 23.9 Å². The number of carbonyl (C=O) groups excluding carboxylic acids is 1. The molecule has 4 nitrogen and oxygen atoms in total. The van der Waals surface area contributed by atoms with Gasteiger partial charge in [0.2, 0.25) is 5.91 Å². The lowest BCUT2D eigenvalue weighted by atomic mass is 9.56. The van der Waals surface area contributed by atoms with Crippen LogP contribution in [0.3, 0.4) is 0 Å². The van der Waals surface area contributed by atoms with Gasteiger partial charge in [-0.15, -0.1) is 0 Å². The number of carbonyl (C=O) groups is 1. The van der Waals surface area contributed by atoms with E-state index in [9.17, 15) is 9.90 Å². The van der Waals surface area contributed by atoms with E-state index in [4.69, 9.17) is 5.73 Å². The smallest absolute Gasteiger partial charge is 0.220 e. The lowest BCUT2D eigenvalue weighted by Crippen LogP contribution is -2.59. The number of likely N-dealkylation sites (tertiary alicyclic amines) is 1. The van der Waals surface area contributed by atoms with E-state index in [-0.39, 0.29) is 17.2 Å². The van der Waals surface area contributed by atoms with E-state index in [1.807, 2.05) is 24.3 Å². The van der Waals surface area contributed by atoms with Crippen LogP contribution in [-0.2, 0) is 23.1 Å². The van der Waals surface area contributed by atoms with E-state index in [1.165, 1.54) is 49.0 Å². The number of nitrogens with zero attached hydrogens (tertiary/aromatic N) is 1. The minimum Gasteiger partial charge on any atom is -0.508 e. The molecule has 5 rings (SSSR count). The molecule has 0 unspecified atom stereocenters. The average Bonchev–Trinajstić information content (AvgIpc) is 3.66.